The minimum absolute atomic E-state index is 0.0571. The van der Waals surface area contributed by atoms with E-state index in [0.717, 1.165) is 16.5 Å². The highest BCUT2D eigenvalue weighted by molar-refractivity contribution is 6.07. The number of carbonyl (C=O) groups excluding carboxylic acids is 1. The number of aromatic amines is 1. The van der Waals surface area contributed by atoms with E-state index in [1.165, 1.54) is 0 Å². The Morgan fingerprint density at radius 1 is 0.850 bits per heavy atom. The molecule has 0 aliphatic rings. The number of pyridine rings is 1. The number of methoxy groups -OCH3 is 1. The Bertz CT molecular complexity index is 1550. The molecule has 0 atom stereocenters. The van der Waals surface area contributed by atoms with Gasteiger partial charge < -0.3 is 28.8 Å². The molecule has 210 valence electrons. The van der Waals surface area contributed by atoms with E-state index in [1.54, 1.807) is 30.2 Å². The van der Waals surface area contributed by atoms with Gasteiger partial charge in [-0.05, 0) is 87.5 Å². The molecular formula is C32H36N2O6. The summed E-state index contributed by atoms with van der Waals surface area (Å²) in [6.45, 7) is 10.8. The number of ether oxygens (including phenoxy) is 4. The number of H-pyrrole nitrogens is 1. The third-order valence-electron chi connectivity index (χ3n) is 6.52. The molecule has 0 unspecified atom stereocenters. The van der Waals surface area contributed by atoms with Gasteiger partial charge in [-0.15, -0.1) is 0 Å². The number of hydrogen-bond donors (Lipinski definition) is 1. The fourth-order valence-electron chi connectivity index (χ4n) is 4.58. The molecule has 0 aliphatic heterocycles. The monoisotopic (exact) mass is 544 g/mol. The molecule has 0 saturated carbocycles. The van der Waals surface area contributed by atoms with Crippen molar-refractivity contribution >= 4 is 22.5 Å². The van der Waals surface area contributed by atoms with Gasteiger partial charge in [-0.25, -0.2) is 0 Å². The maximum Gasteiger partial charge on any atom is 0.258 e. The van der Waals surface area contributed by atoms with E-state index >= 15 is 0 Å². The Kier molecular flexibility index (Phi) is 8.99. The van der Waals surface area contributed by atoms with Crippen molar-refractivity contribution in [2.45, 2.75) is 41.2 Å². The lowest BCUT2D eigenvalue weighted by Gasteiger charge is -2.26. The fraction of sp³-hybridized carbons (Fsp3) is 0.312. The van der Waals surface area contributed by atoms with Gasteiger partial charge in [-0.2, -0.15) is 0 Å². The molecule has 0 spiro atoms. The number of nitrogens with one attached hydrogen (secondary N) is 1. The third kappa shape index (κ3) is 6.06. The van der Waals surface area contributed by atoms with Gasteiger partial charge >= 0.3 is 0 Å². The van der Waals surface area contributed by atoms with Crippen molar-refractivity contribution in [1.82, 2.24) is 4.98 Å². The molecule has 4 rings (SSSR count). The number of hydrogen-bond acceptors (Lipinski definition) is 6. The number of benzene rings is 3. The summed E-state index contributed by atoms with van der Waals surface area (Å²) in [6.07, 6.45) is 0. The molecule has 1 heterocycles. The largest absolute Gasteiger partial charge is 0.497 e. The van der Waals surface area contributed by atoms with E-state index in [1.807, 2.05) is 71.0 Å². The van der Waals surface area contributed by atoms with E-state index in [0.29, 0.717) is 65.1 Å². The molecule has 3 aromatic carbocycles. The molecule has 0 saturated heterocycles. The number of aromatic nitrogens is 1. The molecular weight excluding hydrogens is 508 g/mol. The predicted octanol–water partition coefficient (Wildman–Crippen LogP) is 6.20. The fourth-order valence-corrected chi connectivity index (χ4v) is 4.58. The van der Waals surface area contributed by atoms with Crippen LogP contribution in [0, 0.1) is 13.8 Å². The second kappa shape index (κ2) is 12.6. The van der Waals surface area contributed by atoms with Crippen molar-refractivity contribution in [2.75, 3.05) is 31.8 Å². The molecule has 8 heteroatoms. The minimum atomic E-state index is -0.298. The maximum atomic E-state index is 14.3. The number of fused-ring (bicyclic) bond motifs is 1. The van der Waals surface area contributed by atoms with Crippen LogP contribution in [0.25, 0.3) is 10.9 Å². The summed E-state index contributed by atoms with van der Waals surface area (Å²) in [6, 6.07) is 16.6. The summed E-state index contributed by atoms with van der Waals surface area (Å²) in [5, 5.41) is 0.835. The van der Waals surface area contributed by atoms with Crippen LogP contribution in [-0.4, -0.2) is 37.8 Å². The third-order valence-corrected chi connectivity index (χ3v) is 6.52. The van der Waals surface area contributed by atoms with Gasteiger partial charge in [-0.1, -0.05) is 12.1 Å². The Morgan fingerprint density at radius 2 is 1.52 bits per heavy atom. The second-order valence-electron chi connectivity index (χ2n) is 9.36. The van der Waals surface area contributed by atoms with Crippen LogP contribution in [-0.2, 0) is 6.54 Å². The number of amides is 1. The lowest BCUT2D eigenvalue weighted by molar-refractivity contribution is 0.0983. The summed E-state index contributed by atoms with van der Waals surface area (Å²) in [5.41, 5.74) is 3.80. The topological polar surface area (TPSA) is 90.1 Å². The van der Waals surface area contributed by atoms with Gasteiger partial charge in [0.2, 0.25) is 5.75 Å². The number of carbonyl (C=O) groups is 1. The first kappa shape index (κ1) is 28.5. The van der Waals surface area contributed by atoms with Crippen molar-refractivity contribution in [1.29, 1.82) is 0 Å². The van der Waals surface area contributed by atoms with Crippen LogP contribution in [0.1, 0.15) is 47.8 Å². The Labute approximate surface area is 234 Å². The number of aryl methyl sites for hydroxylation is 2. The highest BCUT2D eigenvalue weighted by Crippen LogP contribution is 2.40. The first-order valence-electron chi connectivity index (χ1n) is 13.4. The van der Waals surface area contributed by atoms with Crippen molar-refractivity contribution in [3.63, 3.8) is 0 Å². The molecule has 8 nitrogen and oxygen atoms in total. The van der Waals surface area contributed by atoms with Crippen LogP contribution in [0.4, 0.5) is 5.69 Å². The molecule has 4 aromatic rings. The highest BCUT2D eigenvalue weighted by Gasteiger charge is 2.25. The first-order chi connectivity index (χ1) is 19.3. The Hall–Kier alpha value is -4.46. The molecule has 1 N–H and O–H groups in total. The van der Waals surface area contributed by atoms with Crippen LogP contribution < -0.4 is 29.4 Å². The molecule has 1 aromatic heterocycles. The van der Waals surface area contributed by atoms with Crippen LogP contribution in [0.2, 0.25) is 0 Å². The van der Waals surface area contributed by atoms with E-state index < -0.39 is 0 Å². The Balaban J connectivity index is 1.85. The summed E-state index contributed by atoms with van der Waals surface area (Å²) in [4.78, 5) is 32.1. The molecule has 0 aliphatic carbocycles. The van der Waals surface area contributed by atoms with Crippen molar-refractivity contribution < 1.29 is 23.7 Å². The molecule has 1 amide bonds. The molecule has 0 radical (unpaired) electrons. The van der Waals surface area contributed by atoms with Crippen molar-refractivity contribution in [3.05, 3.63) is 87.2 Å². The van der Waals surface area contributed by atoms with Crippen LogP contribution in [0.3, 0.4) is 0 Å². The lowest BCUT2D eigenvalue weighted by atomic mass is 10.1. The smallest absolute Gasteiger partial charge is 0.258 e. The average molecular weight is 545 g/mol. The number of nitrogens with zero attached hydrogens (tertiary/aromatic N) is 1. The molecule has 0 bridgehead atoms. The summed E-state index contributed by atoms with van der Waals surface area (Å²) < 4.78 is 22.8. The standard InChI is InChI=1S/C32H36N2O6/c1-7-38-28-16-23(17-29(39-8-2)30(28)40-9-3)32(36)34(27-14-20(4)10-11-21(27)5)19-24-15-22-12-13-25(37-6)18-26(22)33-31(24)35/h10-18H,7-9,19H2,1-6H3,(H,33,35). The zero-order valence-electron chi connectivity index (χ0n) is 23.9. The van der Waals surface area contributed by atoms with E-state index in [9.17, 15) is 9.59 Å². The van der Waals surface area contributed by atoms with Crippen LogP contribution >= 0.6 is 0 Å². The predicted molar refractivity (Wildman–Crippen MR) is 157 cm³/mol. The summed E-state index contributed by atoms with van der Waals surface area (Å²) >= 11 is 0. The second-order valence-corrected chi connectivity index (χ2v) is 9.36. The number of anilines is 1. The Morgan fingerprint density at radius 3 is 2.15 bits per heavy atom. The maximum absolute atomic E-state index is 14.3. The van der Waals surface area contributed by atoms with E-state index in [4.69, 9.17) is 18.9 Å². The zero-order valence-corrected chi connectivity index (χ0v) is 23.9. The summed E-state index contributed by atoms with van der Waals surface area (Å²) in [7, 11) is 1.58. The molecule has 40 heavy (non-hydrogen) atoms. The quantitative estimate of drug-likeness (QED) is 0.242. The van der Waals surface area contributed by atoms with Gasteiger partial charge in [-0.3, -0.25) is 9.59 Å². The lowest BCUT2D eigenvalue weighted by Crippen LogP contribution is -2.33. The van der Waals surface area contributed by atoms with Gasteiger partial charge in [0.1, 0.15) is 5.75 Å². The van der Waals surface area contributed by atoms with E-state index in [2.05, 4.69) is 4.98 Å². The van der Waals surface area contributed by atoms with Crippen molar-refractivity contribution in [2.24, 2.45) is 0 Å². The van der Waals surface area contributed by atoms with Gasteiger partial charge in [0.05, 0.1) is 39.0 Å². The van der Waals surface area contributed by atoms with Crippen molar-refractivity contribution in [3.8, 4) is 23.0 Å². The van der Waals surface area contributed by atoms with Gasteiger partial charge in [0.15, 0.2) is 11.5 Å². The number of rotatable bonds is 11. The van der Waals surface area contributed by atoms with Crippen LogP contribution in [0.5, 0.6) is 23.0 Å². The average Bonchev–Trinajstić information content (AvgIpc) is 2.94. The van der Waals surface area contributed by atoms with Gasteiger partial charge in [0, 0.05) is 22.9 Å². The van der Waals surface area contributed by atoms with Crippen LogP contribution in [0.15, 0.2) is 59.4 Å². The minimum Gasteiger partial charge on any atom is -0.497 e. The molecule has 0 fully saturated rings. The summed E-state index contributed by atoms with van der Waals surface area (Å²) in [5.74, 6) is 1.67. The van der Waals surface area contributed by atoms with E-state index in [-0.39, 0.29) is 18.0 Å². The highest BCUT2D eigenvalue weighted by atomic mass is 16.5. The SMILES string of the molecule is CCOc1cc(C(=O)N(Cc2cc3ccc(OC)cc3[nH]c2=O)c2cc(C)ccc2C)cc(OCC)c1OCC. The normalized spacial score (nSPS) is 10.8. The first-order valence-corrected chi connectivity index (χ1v) is 13.4. The van der Waals surface area contributed by atoms with Gasteiger partial charge in [0.25, 0.3) is 11.5 Å². The zero-order chi connectivity index (χ0) is 28.8.